The minimum absolute atomic E-state index is 0.114. The summed E-state index contributed by atoms with van der Waals surface area (Å²) in [4.78, 5) is 10.7. The van der Waals surface area contributed by atoms with Gasteiger partial charge in [-0.2, -0.15) is 0 Å². The van der Waals surface area contributed by atoms with E-state index in [1.807, 2.05) is 0 Å². The Morgan fingerprint density at radius 1 is 1.64 bits per heavy atom. The number of nitrogens with zero attached hydrogens (tertiary/aromatic N) is 2. The Labute approximate surface area is 67.1 Å². The molecule has 0 aromatic carbocycles. The van der Waals surface area contributed by atoms with Gasteiger partial charge < -0.3 is 9.15 Å². The predicted octanol–water partition coefficient (Wildman–Crippen LogP) is 0.578. The van der Waals surface area contributed by atoms with Crippen LogP contribution in [0.15, 0.2) is 9.64 Å². The van der Waals surface area contributed by atoms with E-state index in [0.29, 0.717) is 5.22 Å². The van der Waals surface area contributed by atoms with Crippen molar-refractivity contribution in [2.75, 3.05) is 13.4 Å². The minimum atomic E-state index is -0.613. The first kappa shape index (κ1) is 8.06. The van der Waals surface area contributed by atoms with Crippen LogP contribution in [-0.4, -0.2) is 29.5 Å². The van der Waals surface area contributed by atoms with E-state index in [1.54, 1.807) is 6.26 Å². The molecule has 0 radical (unpaired) electrons. The topological polar surface area (TPSA) is 65.2 Å². The molecule has 1 aromatic heterocycles. The Hall–Kier alpha value is -1.04. The van der Waals surface area contributed by atoms with Crippen molar-refractivity contribution in [3.8, 4) is 0 Å². The summed E-state index contributed by atoms with van der Waals surface area (Å²) in [5.74, 6) is -0.727. The third kappa shape index (κ3) is 1.70. The smallest absolute Gasteiger partial charge is 0.396 e. The van der Waals surface area contributed by atoms with Gasteiger partial charge in [0.15, 0.2) is 0 Å². The molecule has 0 aliphatic heterocycles. The van der Waals surface area contributed by atoms with Crippen LogP contribution >= 0.6 is 11.8 Å². The highest BCUT2D eigenvalue weighted by Crippen LogP contribution is 2.11. The average molecular weight is 174 g/mol. The monoisotopic (exact) mass is 174 g/mol. The zero-order chi connectivity index (χ0) is 8.27. The number of hydrogen-bond donors (Lipinski definition) is 0. The molecule has 0 amide bonds. The molecule has 0 atom stereocenters. The second-order valence-electron chi connectivity index (χ2n) is 1.57. The minimum Gasteiger partial charge on any atom is -0.462 e. The number of carbonyl (C=O) groups is 1. The van der Waals surface area contributed by atoms with E-state index in [9.17, 15) is 4.79 Å². The van der Waals surface area contributed by atoms with E-state index in [2.05, 4.69) is 14.9 Å². The molecule has 0 aliphatic rings. The molecule has 1 heterocycles. The molecule has 0 spiro atoms. The fraction of sp³-hybridized carbons (Fsp3) is 0.400. The van der Waals surface area contributed by atoms with Crippen molar-refractivity contribution in [1.82, 2.24) is 10.2 Å². The molecule has 0 saturated heterocycles. The summed E-state index contributed by atoms with van der Waals surface area (Å²) in [6, 6.07) is 0. The fourth-order valence-electron chi connectivity index (χ4n) is 0.462. The highest BCUT2D eigenvalue weighted by molar-refractivity contribution is 7.98. The van der Waals surface area contributed by atoms with Gasteiger partial charge in [0.05, 0.1) is 7.11 Å². The van der Waals surface area contributed by atoms with Crippen molar-refractivity contribution in [3.63, 3.8) is 0 Å². The van der Waals surface area contributed by atoms with Gasteiger partial charge in [0, 0.05) is 0 Å². The summed E-state index contributed by atoms with van der Waals surface area (Å²) in [5.41, 5.74) is 0. The largest absolute Gasteiger partial charge is 0.462 e. The molecule has 0 bridgehead atoms. The molecule has 1 aromatic rings. The number of methoxy groups -OCH3 is 1. The molecule has 0 unspecified atom stereocenters. The Balaban J connectivity index is 2.80. The zero-order valence-electron chi connectivity index (χ0n) is 6.03. The summed E-state index contributed by atoms with van der Waals surface area (Å²) in [6.07, 6.45) is 1.77. The molecule has 60 valence electrons. The second-order valence-corrected chi connectivity index (χ2v) is 2.33. The number of hydrogen-bond acceptors (Lipinski definition) is 6. The van der Waals surface area contributed by atoms with E-state index in [0.717, 1.165) is 0 Å². The number of thioether (sulfide) groups is 1. The lowest BCUT2D eigenvalue weighted by Gasteiger charge is -1.88. The second kappa shape index (κ2) is 3.38. The van der Waals surface area contributed by atoms with Crippen molar-refractivity contribution in [3.05, 3.63) is 5.89 Å². The molecule has 1 rings (SSSR count). The molecule has 0 fully saturated rings. The van der Waals surface area contributed by atoms with Crippen molar-refractivity contribution in [1.29, 1.82) is 0 Å². The maximum absolute atomic E-state index is 10.7. The first-order chi connectivity index (χ1) is 5.27. The van der Waals surface area contributed by atoms with Gasteiger partial charge in [-0.05, 0) is 6.26 Å². The van der Waals surface area contributed by atoms with Gasteiger partial charge in [0.2, 0.25) is 0 Å². The lowest BCUT2D eigenvalue weighted by molar-refractivity contribution is 0.0550. The Kier molecular flexibility index (Phi) is 2.48. The summed E-state index contributed by atoms with van der Waals surface area (Å²) in [6.45, 7) is 0. The predicted molar refractivity (Wildman–Crippen MR) is 37.4 cm³/mol. The number of carbonyl (C=O) groups excluding carboxylic acids is 1. The lowest BCUT2D eigenvalue weighted by atomic mass is 10.7. The van der Waals surface area contributed by atoms with E-state index in [4.69, 9.17) is 4.42 Å². The van der Waals surface area contributed by atoms with E-state index < -0.39 is 5.97 Å². The molecule has 0 saturated carbocycles. The van der Waals surface area contributed by atoms with E-state index >= 15 is 0 Å². The van der Waals surface area contributed by atoms with Crippen LogP contribution in [0.25, 0.3) is 0 Å². The highest BCUT2D eigenvalue weighted by atomic mass is 32.2. The molecule has 5 nitrogen and oxygen atoms in total. The summed E-state index contributed by atoms with van der Waals surface area (Å²) >= 11 is 1.27. The van der Waals surface area contributed by atoms with Crippen LogP contribution in [0.2, 0.25) is 0 Å². The zero-order valence-corrected chi connectivity index (χ0v) is 6.84. The molecule has 6 heteroatoms. The van der Waals surface area contributed by atoms with E-state index in [1.165, 1.54) is 18.9 Å². The van der Waals surface area contributed by atoms with Crippen LogP contribution in [0, 0.1) is 0 Å². The molecular weight excluding hydrogens is 168 g/mol. The quantitative estimate of drug-likeness (QED) is 0.482. The maximum atomic E-state index is 10.7. The molecule has 0 N–H and O–H groups in total. The normalized spacial score (nSPS) is 9.64. The van der Waals surface area contributed by atoms with Crippen LogP contribution in [0.4, 0.5) is 0 Å². The number of ether oxygens (including phenoxy) is 1. The van der Waals surface area contributed by atoms with Crippen molar-refractivity contribution in [2.24, 2.45) is 0 Å². The third-order valence-electron chi connectivity index (χ3n) is 0.941. The average Bonchev–Trinajstić information content (AvgIpc) is 2.50. The van der Waals surface area contributed by atoms with Crippen molar-refractivity contribution in [2.45, 2.75) is 5.22 Å². The van der Waals surface area contributed by atoms with Gasteiger partial charge >= 0.3 is 11.9 Å². The Morgan fingerprint density at radius 2 is 2.36 bits per heavy atom. The standard InChI is InChI=1S/C5H6N2O3S/c1-9-4(8)3-6-7-5(10-3)11-2/h1-2H3. The number of rotatable bonds is 2. The highest BCUT2D eigenvalue weighted by Gasteiger charge is 2.13. The first-order valence-corrected chi connectivity index (χ1v) is 3.96. The Bertz CT molecular complexity index is 260. The van der Waals surface area contributed by atoms with Gasteiger partial charge in [0.1, 0.15) is 0 Å². The van der Waals surface area contributed by atoms with Gasteiger partial charge in [-0.1, -0.05) is 16.9 Å². The fourth-order valence-corrected chi connectivity index (χ4v) is 0.747. The van der Waals surface area contributed by atoms with Gasteiger partial charge in [-0.25, -0.2) is 4.79 Å². The third-order valence-corrected chi connectivity index (χ3v) is 1.46. The van der Waals surface area contributed by atoms with Crippen LogP contribution in [0.5, 0.6) is 0 Å². The van der Waals surface area contributed by atoms with E-state index in [-0.39, 0.29) is 5.89 Å². The SMILES string of the molecule is COC(=O)c1nnc(SC)o1. The number of esters is 1. The Morgan fingerprint density at radius 3 is 2.82 bits per heavy atom. The molecular formula is C5H6N2O3S. The van der Waals surface area contributed by atoms with Gasteiger partial charge in [-0.3, -0.25) is 0 Å². The van der Waals surface area contributed by atoms with Gasteiger partial charge in [-0.15, -0.1) is 5.10 Å². The summed E-state index contributed by atoms with van der Waals surface area (Å²) in [5, 5.41) is 7.35. The van der Waals surface area contributed by atoms with Crippen LogP contribution in [0.3, 0.4) is 0 Å². The van der Waals surface area contributed by atoms with Gasteiger partial charge in [0.25, 0.3) is 5.22 Å². The van der Waals surface area contributed by atoms with Crippen molar-refractivity contribution >= 4 is 17.7 Å². The molecule has 0 aliphatic carbocycles. The number of aromatic nitrogens is 2. The lowest BCUT2D eigenvalue weighted by Crippen LogP contribution is -2.00. The summed E-state index contributed by atoms with van der Waals surface area (Å²) < 4.78 is 9.20. The summed E-state index contributed by atoms with van der Waals surface area (Å²) in [7, 11) is 1.26. The van der Waals surface area contributed by atoms with Crippen LogP contribution in [-0.2, 0) is 4.74 Å². The molecule has 11 heavy (non-hydrogen) atoms. The van der Waals surface area contributed by atoms with Crippen LogP contribution < -0.4 is 0 Å². The maximum Gasteiger partial charge on any atom is 0.396 e. The van der Waals surface area contributed by atoms with Crippen molar-refractivity contribution < 1.29 is 13.9 Å². The first-order valence-electron chi connectivity index (χ1n) is 2.73. The van der Waals surface area contributed by atoms with Crippen LogP contribution in [0.1, 0.15) is 10.7 Å².